The van der Waals surface area contributed by atoms with E-state index < -0.39 is 0 Å². The number of thiophene rings is 1. The van der Waals surface area contributed by atoms with Gasteiger partial charge in [-0.1, -0.05) is 24.3 Å². The van der Waals surface area contributed by atoms with Gasteiger partial charge in [0.15, 0.2) is 0 Å². The minimum absolute atomic E-state index is 0.0502. The molecule has 4 rings (SSSR count). The molecule has 6 heteroatoms. The van der Waals surface area contributed by atoms with Gasteiger partial charge in [0.1, 0.15) is 5.69 Å². The highest BCUT2D eigenvalue weighted by Gasteiger charge is 2.18. The van der Waals surface area contributed by atoms with E-state index in [1.54, 1.807) is 28.2 Å². The van der Waals surface area contributed by atoms with Crippen LogP contribution in [0, 0.1) is 0 Å². The van der Waals surface area contributed by atoms with Crippen molar-refractivity contribution >= 4 is 17.0 Å². The molecule has 0 spiro atoms. The van der Waals surface area contributed by atoms with Crippen LogP contribution >= 0.6 is 11.3 Å². The van der Waals surface area contributed by atoms with Crippen molar-refractivity contribution in [3.05, 3.63) is 70.3 Å². The topological polar surface area (TPSA) is 41.4 Å². The summed E-state index contributed by atoms with van der Waals surface area (Å²) >= 11 is 1.64. The van der Waals surface area contributed by atoms with E-state index in [9.17, 15) is 4.79 Å². The first-order valence-corrected chi connectivity index (χ1v) is 9.32. The Kier molecular flexibility index (Phi) is 4.63. The van der Waals surface area contributed by atoms with Crippen molar-refractivity contribution in [3.63, 3.8) is 0 Å². The zero-order chi connectivity index (χ0) is 17.1. The first-order valence-electron chi connectivity index (χ1n) is 8.44. The summed E-state index contributed by atoms with van der Waals surface area (Å²) in [4.78, 5) is 17.9. The molecule has 0 bridgehead atoms. The number of aromatic nitrogens is 2. The van der Waals surface area contributed by atoms with E-state index in [2.05, 4.69) is 39.2 Å². The molecule has 1 aliphatic rings. The summed E-state index contributed by atoms with van der Waals surface area (Å²) < 4.78 is 1.58. The number of benzene rings is 1. The smallest absolute Gasteiger partial charge is 0.268 e. The van der Waals surface area contributed by atoms with Gasteiger partial charge in [0.25, 0.3) is 5.56 Å². The van der Waals surface area contributed by atoms with Crippen LogP contribution in [0.1, 0.15) is 0 Å². The molecule has 5 nitrogen and oxygen atoms in total. The van der Waals surface area contributed by atoms with Gasteiger partial charge in [0.2, 0.25) is 0 Å². The molecule has 0 atom stereocenters. The highest BCUT2D eigenvalue weighted by atomic mass is 32.1. The zero-order valence-electron chi connectivity index (χ0n) is 13.9. The second-order valence-corrected chi connectivity index (χ2v) is 7.06. The van der Waals surface area contributed by atoms with Crippen molar-refractivity contribution < 1.29 is 0 Å². The molecule has 3 aromatic rings. The first kappa shape index (κ1) is 16.1. The maximum absolute atomic E-state index is 12.2. The van der Waals surface area contributed by atoms with Crippen molar-refractivity contribution in [2.45, 2.75) is 6.67 Å². The molecule has 1 aromatic carbocycles. The van der Waals surface area contributed by atoms with E-state index in [4.69, 9.17) is 0 Å². The van der Waals surface area contributed by atoms with Gasteiger partial charge in [-0.15, -0.1) is 11.3 Å². The van der Waals surface area contributed by atoms with Crippen molar-refractivity contribution in [2.75, 3.05) is 31.1 Å². The van der Waals surface area contributed by atoms with Crippen molar-refractivity contribution in [3.8, 4) is 10.6 Å². The largest absolute Gasteiger partial charge is 0.369 e. The predicted octanol–water partition coefficient (Wildman–Crippen LogP) is 2.75. The average Bonchev–Trinajstić information content (AvgIpc) is 3.20. The Bertz CT molecular complexity index is 868. The Morgan fingerprint density at radius 2 is 1.72 bits per heavy atom. The Balaban J connectivity index is 1.43. The van der Waals surface area contributed by atoms with Gasteiger partial charge in [0.05, 0.1) is 11.5 Å². The lowest BCUT2D eigenvalue weighted by Crippen LogP contribution is -2.48. The summed E-state index contributed by atoms with van der Waals surface area (Å²) in [5.74, 6) is 0. The fraction of sp³-hybridized carbons (Fsp3) is 0.263. The summed E-state index contributed by atoms with van der Waals surface area (Å²) in [5.41, 5.74) is 2.07. The van der Waals surface area contributed by atoms with Crippen molar-refractivity contribution in [2.24, 2.45) is 0 Å². The number of hydrogen-bond acceptors (Lipinski definition) is 5. The molecule has 0 unspecified atom stereocenters. The summed E-state index contributed by atoms with van der Waals surface area (Å²) in [6, 6.07) is 17.9. The summed E-state index contributed by atoms with van der Waals surface area (Å²) in [5, 5.41) is 6.57. The normalized spacial score (nSPS) is 15.4. The van der Waals surface area contributed by atoms with Gasteiger partial charge in [0, 0.05) is 37.9 Å². The van der Waals surface area contributed by atoms with Gasteiger partial charge in [-0.3, -0.25) is 9.69 Å². The van der Waals surface area contributed by atoms with Crippen LogP contribution in [0.25, 0.3) is 10.6 Å². The molecule has 1 aliphatic heterocycles. The van der Waals surface area contributed by atoms with Gasteiger partial charge in [-0.25, -0.2) is 4.68 Å². The number of rotatable bonds is 4. The lowest BCUT2D eigenvalue weighted by atomic mass is 10.2. The van der Waals surface area contributed by atoms with Gasteiger partial charge < -0.3 is 4.90 Å². The fourth-order valence-corrected chi connectivity index (χ4v) is 3.77. The third-order valence-electron chi connectivity index (χ3n) is 4.47. The molecular weight excluding hydrogens is 332 g/mol. The molecule has 1 saturated heterocycles. The number of anilines is 1. The van der Waals surface area contributed by atoms with Crippen LogP contribution in [0.2, 0.25) is 0 Å². The van der Waals surface area contributed by atoms with Crippen LogP contribution < -0.4 is 10.5 Å². The third kappa shape index (κ3) is 3.65. The van der Waals surface area contributed by atoms with Crippen LogP contribution in [0.3, 0.4) is 0 Å². The van der Waals surface area contributed by atoms with Gasteiger partial charge >= 0.3 is 0 Å². The molecule has 1 fully saturated rings. The predicted molar refractivity (Wildman–Crippen MR) is 102 cm³/mol. The Hall–Kier alpha value is -2.44. The summed E-state index contributed by atoms with van der Waals surface area (Å²) in [6.07, 6.45) is 0. The average molecular weight is 352 g/mol. The second kappa shape index (κ2) is 7.21. The molecule has 0 N–H and O–H groups in total. The fourth-order valence-electron chi connectivity index (χ4n) is 3.08. The minimum atomic E-state index is -0.0502. The molecular formula is C19H20N4OS. The molecule has 3 heterocycles. The number of nitrogens with zero attached hydrogens (tertiary/aromatic N) is 4. The van der Waals surface area contributed by atoms with E-state index in [0.29, 0.717) is 6.67 Å². The molecule has 25 heavy (non-hydrogen) atoms. The third-order valence-corrected chi connectivity index (χ3v) is 5.36. The Morgan fingerprint density at radius 1 is 0.920 bits per heavy atom. The van der Waals surface area contributed by atoms with E-state index in [1.807, 2.05) is 23.6 Å². The van der Waals surface area contributed by atoms with E-state index in [-0.39, 0.29) is 5.56 Å². The number of piperazine rings is 1. The molecule has 0 amide bonds. The lowest BCUT2D eigenvalue weighted by molar-refractivity contribution is 0.192. The summed E-state index contributed by atoms with van der Waals surface area (Å²) in [6.45, 7) is 4.31. The molecule has 0 radical (unpaired) electrons. The summed E-state index contributed by atoms with van der Waals surface area (Å²) in [7, 11) is 0. The standard InChI is InChI=1S/C19H20N4OS/c24-19-9-8-17(18-7-4-14-25-18)20-23(19)15-21-10-12-22(13-11-21)16-5-2-1-3-6-16/h1-9,14H,10-13,15H2. The lowest BCUT2D eigenvalue weighted by Gasteiger charge is -2.36. The minimum Gasteiger partial charge on any atom is -0.369 e. The molecule has 0 aliphatic carbocycles. The van der Waals surface area contributed by atoms with Gasteiger partial charge in [-0.2, -0.15) is 5.10 Å². The van der Waals surface area contributed by atoms with E-state index in [1.165, 1.54) is 5.69 Å². The Labute approximate surface area is 150 Å². The van der Waals surface area contributed by atoms with Crippen LogP contribution in [-0.4, -0.2) is 40.9 Å². The number of hydrogen-bond donors (Lipinski definition) is 0. The molecule has 128 valence electrons. The quantitative estimate of drug-likeness (QED) is 0.724. The number of para-hydroxylation sites is 1. The van der Waals surface area contributed by atoms with Crippen LogP contribution in [0.15, 0.2) is 64.8 Å². The van der Waals surface area contributed by atoms with Crippen LogP contribution in [0.5, 0.6) is 0 Å². The van der Waals surface area contributed by atoms with Crippen molar-refractivity contribution in [1.29, 1.82) is 0 Å². The van der Waals surface area contributed by atoms with Crippen LogP contribution in [0.4, 0.5) is 5.69 Å². The highest BCUT2D eigenvalue weighted by Crippen LogP contribution is 2.21. The first-order chi connectivity index (χ1) is 12.3. The highest BCUT2D eigenvalue weighted by molar-refractivity contribution is 7.13. The van der Waals surface area contributed by atoms with Crippen molar-refractivity contribution in [1.82, 2.24) is 14.7 Å². The van der Waals surface area contributed by atoms with E-state index in [0.717, 1.165) is 36.8 Å². The molecule has 0 saturated carbocycles. The second-order valence-electron chi connectivity index (χ2n) is 6.12. The monoisotopic (exact) mass is 352 g/mol. The maximum atomic E-state index is 12.2. The Morgan fingerprint density at radius 3 is 2.44 bits per heavy atom. The van der Waals surface area contributed by atoms with E-state index >= 15 is 0 Å². The molecule has 2 aromatic heterocycles. The van der Waals surface area contributed by atoms with Crippen LogP contribution in [-0.2, 0) is 6.67 Å². The van der Waals surface area contributed by atoms with Gasteiger partial charge in [-0.05, 0) is 29.6 Å². The maximum Gasteiger partial charge on any atom is 0.268 e. The SMILES string of the molecule is O=c1ccc(-c2cccs2)nn1CN1CCN(c2ccccc2)CC1. The zero-order valence-corrected chi connectivity index (χ0v) is 14.7.